The Labute approximate surface area is 106 Å². The van der Waals surface area contributed by atoms with Gasteiger partial charge in [0, 0.05) is 11.9 Å². The molecule has 16 heavy (non-hydrogen) atoms. The van der Waals surface area contributed by atoms with Gasteiger partial charge in [-0.05, 0) is 36.3 Å². The van der Waals surface area contributed by atoms with Crippen molar-refractivity contribution in [3.8, 4) is 0 Å². The topological polar surface area (TPSA) is 29.1 Å². The minimum Gasteiger partial charge on any atom is -0.349 e. The first-order valence-electron chi connectivity index (χ1n) is 5.53. The van der Waals surface area contributed by atoms with Crippen molar-refractivity contribution in [3.05, 3.63) is 21.9 Å². The van der Waals surface area contributed by atoms with Gasteiger partial charge in [-0.3, -0.25) is 4.79 Å². The van der Waals surface area contributed by atoms with Crippen LogP contribution in [-0.2, 0) is 6.42 Å². The molecule has 1 rings (SSSR count). The number of thiophene rings is 1. The third-order valence-corrected chi connectivity index (χ3v) is 4.23. The van der Waals surface area contributed by atoms with E-state index in [1.54, 1.807) is 0 Å². The molecule has 0 aliphatic heterocycles. The molecule has 2 unspecified atom stereocenters. The largest absolute Gasteiger partial charge is 0.349 e. The second-order valence-corrected chi connectivity index (χ2v) is 5.25. The number of halogens is 1. The van der Waals surface area contributed by atoms with Gasteiger partial charge in [0.25, 0.3) is 5.91 Å². The van der Waals surface area contributed by atoms with Crippen molar-refractivity contribution in [2.75, 3.05) is 5.88 Å². The molecule has 0 aliphatic carbocycles. The van der Waals surface area contributed by atoms with Crippen molar-refractivity contribution in [1.29, 1.82) is 0 Å². The number of hydrogen-bond donors (Lipinski definition) is 1. The Morgan fingerprint density at radius 3 is 2.81 bits per heavy atom. The molecule has 1 amide bonds. The summed E-state index contributed by atoms with van der Waals surface area (Å²) in [6.45, 7) is 6.08. The van der Waals surface area contributed by atoms with Crippen LogP contribution in [0.3, 0.4) is 0 Å². The van der Waals surface area contributed by atoms with Crippen LogP contribution in [0.2, 0.25) is 0 Å². The minimum absolute atomic E-state index is 0.0244. The lowest BCUT2D eigenvalue weighted by Crippen LogP contribution is -2.37. The normalized spacial score (nSPS) is 14.5. The number of carbonyl (C=O) groups is 1. The highest BCUT2D eigenvalue weighted by Crippen LogP contribution is 2.17. The molecule has 0 aromatic carbocycles. The highest BCUT2D eigenvalue weighted by molar-refractivity contribution is 7.12. The molecular weight excluding hydrogens is 242 g/mol. The molecule has 0 saturated heterocycles. The summed E-state index contributed by atoms with van der Waals surface area (Å²) in [5.74, 6) is 0.874. The monoisotopic (exact) mass is 259 g/mol. The van der Waals surface area contributed by atoms with Gasteiger partial charge in [0.1, 0.15) is 0 Å². The molecule has 0 spiro atoms. The highest BCUT2D eigenvalue weighted by Gasteiger charge is 2.17. The van der Waals surface area contributed by atoms with Crippen LogP contribution in [-0.4, -0.2) is 17.8 Å². The molecule has 90 valence electrons. The van der Waals surface area contributed by atoms with Crippen molar-refractivity contribution >= 4 is 28.8 Å². The Kier molecular flexibility index (Phi) is 5.29. The first kappa shape index (κ1) is 13.5. The average Bonchev–Trinajstić information content (AvgIpc) is 2.75. The predicted molar refractivity (Wildman–Crippen MR) is 70.5 cm³/mol. The number of nitrogens with one attached hydrogen (secondary N) is 1. The second kappa shape index (κ2) is 6.26. The fourth-order valence-corrected chi connectivity index (χ4v) is 2.53. The van der Waals surface area contributed by atoms with Gasteiger partial charge in [0.2, 0.25) is 0 Å². The quantitative estimate of drug-likeness (QED) is 0.808. The van der Waals surface area contributed by atoms with E-state index < -0.39 is 0 Å². The zero-order valence-electron chi connectivity index (χ0n) is 9.92. The summed E-state index contributed by atoms with van der Waals surface area (Å²) < 4.78 is 0. The number of carbonyl (C=O) groups excluding carboxylic acids is 1. The van der Waals surface area contributed by atoms with E-state index in [-0.39, 0.29) is 17.9 Å². The van der Waals surface area contributed by atoms with Gasteiger partial charge in [0.05, 0.1) is 4.88 Å². The maximum atomic E-state index is 12.0. The summed E-state index contributed by atoms with van der Waals surface area (Å²) >= 11 is 7.26. The molecule has 0 aliphatic rings. The van der Waals surface area contributed by atoms with Gasteiger partial charge in [-0.25, -0.2) is 0 Å². The molecule has 2 atom stereocenters. The number of rotatable bonds is 5. The van der Waals surface area contributed by atoms with E-state index in [1.165, 1.54) is 11.3 Å². The Morgan fingerprint density at radius 1 is 1.56 bits per heavy atom. The molecule has 0 fully saturated rings. The Bertz CT molecular complexity index is 351. The van der Waals surface area contributed by atoms with Crippen LogP contribution in [0.25, 0.3) is 0 Å². The Morgan fingerprint density at radius 2 is 2.25 bits per heavy atom. The van der Waals surface area contributed by atoms with E-state index in [9.17, 15) is 4.79 Å². The lowest BCUT2D eigenvalue weighted by atomic mass is 10.1. The van der Waals surface area contributed by atoms with Gasteiger partial charge >= 0.3 is 0 Å². The fraction of sp³-hybridized carbons (Fsp3) is 0.583. The maximum Gasteiger partial charge on any atom is 0.261 e. The molecule has 2 nitrogen and oxygen atoms in total. The molecule has 0 saturated carbocycles. The molecular formula is C12H18ClNOS. The van der Waals surface area contributed by atoms with Gasteiger partial charge in [-0.1, -0.05) is 13.8 Å². The standard InChI is InChI=1S/C12H18ClNOS/c1-4-10-5-6-16-11(10)12(15)14-9(3)8(2)7-13/h5-6,8-9H,4,7H2,1-3H3,(H,14,15). The SMILES string of the molecule is CCc1ccsc1C(=O)NC(C)C(C)CCl. The third-order valence-electron chi connectivity index (χ3n) is 2.79. The summed E-state index contributed by atoms with van der Waals surface area (Å²) in [5.41, 5.74) is 1.12. The maximum absolute atomic E-state index is 12.0. The van der Waals surface area contributed by atoms with Crippen LogP contribution < -0.4 is 5.32 Å². The van der Waals surface area contributed by atoms with Crippen molar-refractivity contribution in [3.63, 3.8) is 0 Å². The zero-order chi connectivity index (χ0) is 12.1. The number of alkyl halides is 1. The zero-order valence-corrected chi connectivity index (χ0v) is 11.5. The molecule has 0 radical (unpaired) electrons. The second-order valence-electron chi connectivity index (χ2n) is 4.02. The van der Waals surface area contributed by atoms with Crippen LogP contribution in [0.5, 0.6) is 0 Å². The van der Waals surface area contributed by atoms with Gasteiger partial charge in [0.15, 0.2) is 0 Å². The van der Waals surface area contributed by atoms with E-state index in [0.29, 0.717) is 5.88 Å². The summed E-state index contributed by atoms with van der Waals surface area (Å²) in [7, 11) is 0. The highest BCUT2D eigenvalue weighted by atomic mass is 35.5. The Balaban J connectivity index is 2.65. The van der Waals surface area contributed by atoms with Crippen LogP contribution >= 0.6 is 22.9 Å². The first-order valence-corrected chi connectivity index (χ1v) is 6.94. The number of hydrogen-bond acceptors (Lipinski definition) is 2. The molecule has 4 heteroatoms. The van der Waals surface area contributed by atoms with E-state index in [4.69, 9.17) is 11.6 Å². The third kappa shape index (κ3) is 3.22. The average molecular weight is 260 g/mol. The van der Waals surface area contributed by atoms with Crippen molar-refractivity contribution < 1.29 is 4.79 Å². The van der Waals surface area contributed by atoms with E-state index in [2.05, 4.69) is 12.2 Å². The van der Waals surface area contributed by atoms with Gasteiger partial charge < -0.3 is 5.32 Å². The smallest absolute Gasteiger partial charge is 0.261 e. The summed E-state index contributed by atoms with van der Waals surface area (Å²) in [6.07, 6.45) is 0.895. The van der Waals surface area contributed by atoms with Crippen LogP contribution in [0.1, 0.15) is 36.0 Å². The van der Waals surface area contributed by atoms with Crippen molar-refractivity contribution in [1.82, 2.24) is 5.32 Å². The fourth-order valence-electron chi connectivity index (χ4n) is 1.36. The molecule has 0 bridgehead atoms. The molecule has 1 aromatic heterocycles. The van der Waals surface area contributed by atoms with E-state index in [0.717, 1.165) is 16.9 Å². The van der Waals surface area contributed by atoms with Crippen molar-refractivity contribution in [2.24, 2.45) is 5.92 Å². The molecule has 1 N–H and O–H groups in total. The van der Waals surface area contributed by atoms with Crippen LogP contribution in [0, 0.1) is 5.92 Å². The Hall–Kier alpha value is -0.540. The van der Waals surface area contributed by atoms with E-state index >= 15 is 0 Å². The summed E-state index contributed by atoms with van der Waals surface area (Å²) in [6, 6.07) is 2.12. The van der Waals surface area contributed by atoms with Crippen LogP contribution in [0.4, 0.5) is 0 Å². The van der Waals surface area contributed by atoms with Gasteiger partial charge in [-0.2, -0.15) is 0 Å². The lowest BCUT2D eigenvalue weighted by molar-refractivity contribution is 0.0934. The molecule has 1 aromatic rings. The molecule has 1 heterocycles. The van der Waals surface area contributed by atoms with E-state index in [1.807, 2.05) is 25.3 Å². The predicted octanol–water partition coefficient (Wildman–Crippen LogP) is 3.30. The summed E-state index contributed by atoms with van der Waals surface area (Å²) in [4.78, 5) is 12.8. The summed E-state index contributed by atoms with van der Waals surface area (Å²) in [5, 5.41) is 4.96. The first-order chi connectivity index (χ1) is 7.60. The van der Waals surface area contributed by atoms with Crippen LogP contribution in [0.15, 0.2) is 11.4 Å². The number of amides is 1. The van der Waals surface area contributed by atoms with Gasteiger partial charge in [-0.15, -0.1) is 22.9 Å². The lowest BCUT2D eigenvalue weighted by Gasteiger charge is -2.18. The minimum atomic E-state index is 0.0244. The van der Waals surface area contributed by atoms with Crippen molar-refractivity contribution in [2.45, 2.75) is 33.2 Å². The number of aryl methyl sites for hydroxylation is 1.